The first-order valence-corrected chi connectivity index (χ1v) is 13.4. The lowest BCUT2D eigenvalue weighted by Gasteiger charge is -2.65. The molecule has 4 fully saturated rings. The first kappa shape index (κ1) is 25.2. The van der Waals surface area contributed by atoms with E-state index in [0.29, 0.717) is 41.1 Å². The number of carboxylic acid groups (broad SMARTS) is 1. The van der Waals surface area contributed by atoms with Crippen molar-refractivity contribution >= 4 is 5.97 Å². The van der Waals surface area contributed by atoms with Crippen LogP contribution in [0.5, 0.6) is 0 Å². The van der Waals surface area contributed by atoms with Gasteiger partial charge < -0.3 is 20.4 Å². The summed E-state index contributed by atoms with van der Waals surface area (Å²) in [5.74, 6) is 1.50. The minimum Gasteiger partial charge on any atom is -0.478 e. The summed E-state index contributed by atoms with van der Waals surface area (Å²) in [5, 5.41) is 42.7. The van der Waals surface area contributed by atoms with E-state index in [-0.39, 0.29) is 35.1 Å². The van der Waals surface area contributed by atoms with Gasteiger partial charge in [0.15, 0.2) is 0 Å². The van der Waals surface area contributed by atoms with Gasteiger partial charge in [-0.2, -0.15) is 0 Å². The second-order valence-electron chi connectivity index (χ2n) is 12.7. The fourth-order valence-corrected chi connectivity index (χ4v) is 9.45. The zero-order valence-electron chi connectivity index (χ0n) is 21.2. The highest BCUT2D eigenvalue weighted by molar-refractivity contribution is 5.85. The third-order valence-electron chi connectivity index (χ3n) is 11.5. The van der Waals surface area contributed by atoms with E-state index < -0.39 is 5.97 Å². The molecule has 5 heteroatoms. The summed E-state index contributed by atoms with van der Waals surface area (Å²) in [4.78, 5) is 11.1. The maximum Gasteiger partial charge on any atom is 0.330 e. The number of rotatable bonds is 5. The number of carbonyl (C=O) groups is 1. The Kier molecular flexibility index (Phi) is 6.83. The van der Waals surface area contributed by atoms with Crippen LogP contribution in [0.15, 0.2) is 11.6 Å². The van der Waals surface area contributed by atoms with Crippen molar-refractivity contribution in [2.24, 2.45) is 52.3 Å². The molecule has 0 aromatic rings. The first-order valence-electron chi connectivity index (χ1n) is 13.4. The second-order valence-corrected chi connectivity index (χ2v) is 12.7. The molecule has 5 unspecified atom stereocenters. The van der Waals surface area contributed by atoms with Gasteiger partial charge in [-0.15, -0.1) is 0 Å². The number of allylic oxidation sites excluding steroid dienone is 1. The molecule has 188 valence electrons. The summed E-state index contributed by atoms with van der Waals surface area (Å²) >= 11 is 0. The third kappa shape index (κ3) is 3.90. The highest BCUT2D eigenvalue weighted by Crippen LogP contribution is 2.69. The fraction of sp³-hybridized carbons (Fsp3) is 0.893. The molecule has 4 rings (SSSR count). The Morgan fingerprint density at radius 2 is 1.73 bits per heavy atom. The van der Waals surface area contributed by atoms with Crippen LogP contribution in [0.3, 0.4) is 0 Å². The Morgan fingerprint density at radius 1 is 1.03 bits per heavy atom. The lowest BCUT2D eigenvalue weighted by molar-refractivity contribution is -0.220. The van der Waals surface area contributed by atoms with Gasteiger partial charge in [0.05, 0.1) is 18.3 Å². The van der Waals surface area contributed by atoms with E-state index in [1.807, 2.05) is 6.08 Å². The number of carboxylic acids is 1. The third-order valence-corrected chi connectivity index (χ3v) is 11.5. The van der Waals surface area contributed by atoms with E-state index >= 15 is 0 Å². The SMILES string of the molecule is C/C(=C/CC[C@@H](C)[C@H]1CC[C@H]2[C@@H]3C(O)CC4CC(O)CC(C)[C@]4(C)[C@H]3CC(O)[C@]12C)C(=O)O. The lowest BCUT2D eigenvalue weighted by Crippen LogP contribution is -2.64. The van der Waals surface area contributed by atoms with Gasteiger partial charge in [-0.3, -0.25) is 0 Å². The molecule has 0 aromatic heterocycles. The molecule has 12 atom stereocenters. The molecule has 0 bridgehead atoms. The zero-order chi connectivity index (χ0) is 24.3. The quantitative estimate of drug-likeness (QED) is 0.446. The standard InChI is InChI=1S/C28H46O5/c1-15(7-6-8-16(2)26(32)33)20-9-10-21-25-22(14-24(31)28(20,21)5)27(4)17(3)11-19(29)12-18(27)13-23(25)30/h8,15,17-25,29-31H,6-7,9-14H2,1-5H3,(H,32,33)/b16-8-/t15-,17?,18?,19?,20-,21+,22+,23?,24?,25+,27+,28-/m1/s1. The number of hydrogen-bond acceptors (Lipinski definition) is 4. The second kappa shape index (κ2) is 8.95. The van der Waals surface area contributed by atoms with Gasteiger partial charge in [-0.1, -0.05) is 33.8 Å². The Morgan fingerprint density at radius 3 is 2.39 bits per heavy atom. The average molecular weight is 463 g/mol. The van der Waals surface area contributed by atoms with Crippen LogP contribution >= 0.6 is 0 Å². The minimum atomic E-state index is -0.855. The molecule has 4 saturated carbocycles. The zero-order valence-corrected chi connectivity index (χ0v) is 21.2. The van der Waals surface area contributed by atoms with Crippen molar-refractivity contribution in [1.29, 1.82) is 0 Å². The van der Waals surface area contributed by atoms with Gasteiger partial charge in [0.1, 0.15) is 0 Å². The van der Waals surface area contributed by atoms with Crippen molar-refractivity contribution in [3.05, 3.63) is 11.6 Å². The van der Waals surface area contributed by atoms with Crippen molar-refractivity contribution in [1.82, 2.24) is 0 Å². The van der Waals surface area contributed by atoms with Gasteiger partial charge >= 0.3 is 5.97 Å². The number of aliphatic hydroxyl groups is 3. The Bertz CT molecular complexity index is 778. The van der Waals surface area contributed by atoms with E-state index in [9.17, 15) is 20.1 Å². The van der Waals surface area contributed by atoms with Crippen molar-refractivity contribution < 1.29 is 25.2 Å². The van der Waals surface area contributed by atoms with E-state index in [0.717, 1.165) is 51.4 Å². The molecular formula is C28H46O5. The first-order chi connectivity index (χ1) is 15.4. The summed E-state index contributed by atoms with van der Waals surface area (Å²) in [6.45, 7) is 10.9. The minimum absolute atomic E-state index is 0.0638. The van der Waals surface area contributed by atoms with Gasteiger partial charge in [0, 0.05) is 5.57 Å². The number of aliphatic hydroxyl groups excluding tert-OH is 3. The molecule has 0 spiro atoms. The van der Waals surface area contributed by atoms with Crippen molar-refractivity contribution in [3.8, 4) is 0 Å². The molecule has 0 aromatic carbocycles. The van der Waals surface area contributed by atoms with E-state index in [1.54, 1.807) is 6.92 Å². The van der Waals surface area contributed by atoms with Crippen molar-refractivity contribution in [3.63, 3.8) is 0 Å². The van der Waals surface area contributed by atoms with Crippen LogP contribution in [-0.2, 0) is 4.79 Å². The highest BCUT2D eigenvalue weighted by Gasteiger charge is 2.66. The molecule has 5 nitrogen and oxygen atoms in total. The summed E-state index contributed by atoms with van der Waals surface area (Å²) in [5.41, 5.74) is 0.264. The molecule has 4 aliphatic rings. The molecule has 4 N–H and O–H groups in total. The monoisotopic (exact) mass is 462 g/mol. The predicted molar refractivity (Wildman–Crippen MR) is 128 cm³/mol. The van der Waals surface area contributed by atoms with Crippen LogP contribution < -0.4 is 0 Å². The van der Waals surface area contributed by atoms with Crippen LogP contribution in [0.25, 0.3) is 0 Å². The largest absolute Gasteiger partial charge is 0.478 e. The lowest BCUT2D eigenvalue weighted by atomic mass is 9.41. The molecular weight excluding hydrogens is 416 g/mol. The average Bonchev–Trinajstić information content (AvgIpc) is 3.09. The molecule has 4 aliphatic carbocycles. The van der Waals surface area contributed by atoms with Crippen molar-refractivity contribution in [2.45, 2.75) is 104 Å². The number of aliphatic carboxylic acids is 1. The van der Waals surface area contributed by atoms with Crippen molar-refractivity contribution in [2.75, 3.05) is 0 Å². The summed E-state index contributed by atoms with van der Waals surface area (Å²) in [7, 11) is 0. The van der Waals surface area contributed by atoms with Crippen LogP contribution in [-0.4, -0.2) is 44.7 Å². The maximum absolute atomic E-state index is 11.7. The molecule has 0 radical (unpaired) electrons. The molecule has 33 heavy (non-hydrogen) atoms. The number of hydrogen-bond donors (Lipinski definition) is 4. The molecule has 0 saturated heterocycles. The van der Waals surface area contributed by atoms with E-state index in [2.05, 4.69) is 27.7 Å². The van der Waals surface area contributed by atoms with Crippen LogP contribution in [0.1, 0.15) is 86.0 Å². The van der Waals surface area contributed by atoms with E-state index in [1.165, 1.54) is 0 Å². The smallest absolute Gasteiger partial charge is 0.330 e. The molecule has 0 aliphatic heterocycles. The van der Waals surface area contributed by atoms with Crippen LogP contribution in [0.2, 0.25) is 0 Å². The van der Waals surface area contributed by atoms with Gasteiger partial charge in [0.2, 0.25) is 0 Å². The van der Waals surface area contributed by atoms with Gasteiger partial charge in [-0.25, -0.2) is 4.79 Å². The number of fused-ring (bicyclic) bond motifs is 5. The maximum atomic E-state index is 11.7. The summed E-state index contributed by atoms with van der Waals surface area (Å²) in [6, 6.07) is 0. The molecule has 0 heterocycles. The Balaban J connectivity index is 1.56. The Labute approximate surface area is 199 Å². The normalized spacial score (nSPS) is 50.8. The van der Waals surface area contributed by atoms with Crippen LogP contribution in [0.4, 0.5) is 0 Å². The van der Waals surface area contributed by atoms with E-state index in [4.69, 9.17) is 5.11 Å². The van der Waals surface area contributed by atoms with Gasteiger partial charge in [0.25, 0.3) is 0 Å². The van der Waals surface area contributed by atoms with Crippen LogP contribution in [0, 0.1) is 52.3 Å². The van der Waals surface area contributed by atoms with Gasteiger partial charge in [-0.05, 0) is 111 Å². The molecule has 0 amide bonds. The predicted octanol–water partition coefficient (Wildman–Crippen LogP) is 4.64. The highest BCUT2D eigenvalue weighted by atomic mass is 16.4. The topological polar surface area (TPSA) is 98.0 Å². The Hall–Kier alpha value is -0.910. The summed E-state index contributed by atoms with van der Waals surface area (Å²) < 4.78 is 0. The summed E-state index contributed by atoms with van der Waals surface area (Å²) in [6.07, 6.45) is 7.78. The fourth-order valence-electron chi connectivity index (χ4n) is 9.45.